The number of hydrogen-bond acceptors (Lipinski definition) is 5. The van der Waals surface area contributed by atoms with Crippen molar-refractivity contribution in [1.82, 2.24) is 0 Å². The van der Waals surface area contributed by atoms with E-state index in [4.69, 9.17) is 37.1 Å². The van der Waals surface area contributed by atoms with E-state index in [1.165, 1.54) is 24.3 Å². The first-order chi connectivity index (χ1) is 13.1. The van der Waals surface area contributed by atoms with Crippen molar-refractivity contribution in [3.63, 3.8) is 0 Å². The van der Waals surface area contributed by atoms with Crippen molar-refractivity contribution in [3.8, 4) is 17.2 Å². The van der Waals surface area contributed by atoms with Crippen LogP contribution in [0.2, 0.25) is 10.0 Å². The van der Waals surface area contributed by atoms with Gasteiger partial charge in [0.25, 0.3) is 5.76 Å². The summed E-state index contributed by atoms with van der Waals surface area (Å²) in [5.74, 6) is -3.71. The van der Waals surface area contributed by atoms with Gasteiger partial charge >= 0.3 is 12.1 Å². The van der Waals surface area contributed by atoms with Crippen molar-refractivity contribution in [2.75, 3.05) is 0 Å². The number of carbonyl (C=O) groups is 1. The molecule has 0 saturated heterocycles. The maximum atomic E-state index is 13.5. The SMILES string of the molecule is CC(=O)Oc1ccc2c(=O)c(Oc3ccc(Cl)cc3Cl)c(C(F)(F)F)oc2c1. The van der Waals surface area contributed by atoms with Gasteiger partial charge in [-0.15, -0.1) is 0 Å². The molecule has 0 amide bonds. The Morgan fingerprint density at radius 3 is 2.43 bits per heavy atom. The predicted molar refractivity (Wildman–Crippen MR) is 95.3 cm³/mol. The van der Waals surface area contributed by atoms with E-state index in [0.717, 1.165) is 19.1 Å². The van der Waals surface area contributed by atoms with Crippen molar-refractivity contribution >= 4 is 40.1 Å². The third-order valence-electron chi connectivity index (χ3n) is 3.45. The number of benzene rings is 2. The lowest BCUT2D eigenvalue weighted by atomic mass is 10.2. The lowest BCUT2D eigenvalue weighted by Gasteiger charge is -2.14. The van der Waals surface area contributed by atoms with Crippen LogP contribution in [0.3, 0.4) is 0 Å². The van der Waals surface area contributed by atoms with Gasteiger partial charge in [0.2, 0.25) is 11.2 Å². The summed E-state index contributed by atoms with van der Waals surface area (Å²) in [4.78, 5) is 23.7. The summed E-state index contributed by atoms with van der Waals surface area (Å²) >= 11 is 11.7. The molecule has 0 fully saturated rings. The van der Waals surface area contributed by atoms with Gasteiger partial charge in [0.15, 0.2) is 0 Å². The molecule has 0 radical (unpaired) electrons. The summed E-state index contributed by atoms with van der Waals surface area (Å²) in [6, 6.07) is 7.22. The summed E-state index contributed by atoms with van der Waals surface area (Å²) < 4.78 is 55.3. The van der Waals surface area contributed by atoms with Gasteiger partial charge in [0, 0.05) is 18.0 Å². The second kappa shape index (κ2) is 7.37. The van der Waals surface area contributed by atoms with Crippen molar-refractivity contribution < 1.29 is 31.9 Å². The van der Waals surface area contributed by atoms with Crippen LogP contribution in [0.5, 0.6) is 17.2 Å². The standard InChI is InChI=1S/C18H9Cl2F3O5/c1-8(24)26-10-3-4-11-14(7-10)28-17(18(21,22)23)16(15(11)25)27-13-5-2-9(19)6-12(13)20/h2-7H,1H3. The highest BCUT2D eigenvalue weighted by molar-refractivity contribution is 6.35. The first-order valence-electron chi connectivity index (χ1n) is 7.55. The molecule has 1 aromatic heterocycles. The van der Waals surface area contributed by atoms with E-state index in [9.17, 15) is 22.8 Å². The highest BCUT2D eigenvalue weighted by Crippen LogP contribution is 2.40. The van der Waals surface area contributed by atoms with Crippen molar-refractivity contribution in [2.24, 2.45) is 0 Å². The minimum atomic E-state index is -5.04. The van der Waals surface area contributed by atoms with E-state index in [1.807, 2.05) is 0 Å². The number of carbonyl (C=O) groups excluding carboxylic acids is 1. The Kier molecular flexibility index (Phi) is 5.27. The molecule has 146 valence electrons. The second-order valence-electron chi connectivity index (χ2n) is 5.52. The number of halogens is 5. The highest BCUT2D eigenvalue weighted by atomic mass is 35.5. The molecule has 0 spiro atoms. The topological polar surface area (TPSA) is 65.7 Å². The first kappa shape index (κ1) is 20.0. The molecule has 0 aliphatic carbocycles. The quantitative estimate of drug-likeness (QED) is 0.384. The van der Waals surface area contributed by atoms with Gasteiger partial charge in [-0.05, 0) is 30.3 Å². The van der Waals surface area contributed by atoms with Crippen molar-refractivity contribution in [2.45, 2.75) is 13.1 Å². The Hall–Kier alpha value is -2.71. The van der Waals surface area contributed by atoms with Crippen LogP contribution in [0.4, 0.5) is 13.2 Å². The largest absolute Gasteiger partial charge is 0.453 e. The molecule has 1 heterocycles. The average Bonchev–Trinajstić information content (AvgIpc) is 2.57. The van der Waals surface area contributed by atoms with Crippen molar-refractivity contribution in [3.05, 3.63) is 62.4 Å². The van der Waals surface area contributed by atoms with Crippen LogP contribution in [0.15, 0.2) is 45.6 Å². The summed E-state index contributed by atoms with van der Waals surface area (Å²) in [5.41, 5.74) is -1.50. The van der Waals surface area contributed by atoms with E-state index in [0.29, 0.717) is 0 Å². The van der Waals surface area contributed by atoms with Gasteiger partial charge in [-0.3, -0.25) is 9.59 Å². The molecular formula is C18H9Cl2F3O5. The molecule has 0 aliphatic rings. The van der Waals surface area contributed by atoms with E-state index in [2.05, 4.69) is 0 Å². The number of fused-ring (bicyclic) bond motifs is 1. The summed E-state index contributed by atoms with van der Waals surface area (Å²) in [5, 5.41) is -0.0637. The van der Waals surface area contributed by atoms with Crippen LogP contribution in [0.1, 0.15) is 12.7 Å². The molecule has 5 nitrogen and oxygen atoms in total. The molecular weight excluding hydrogens is 424 g/mol. The fourth-order valence-corrected chi connectivity index (χ4v) is 2.78. The van der Waals surface area contributed by atoms with Gasteiger partial charge in [-0.2, -0.15) is 13.2 Å². The molecule has 2 aromatic carbocycles. The van der Waals surface area contributed by atoms with Gasteiger partial charge < -0.3 is 13.9 Å². The Morgan fingerprint density at radius 2 is 1.82 bits per heavy atom. The molecule has 10 heteroatoms. The number of rotatable bonds is 3. The fourth-order valence-electron chi connectivity index (χ4n) is 2.33. The minimum absolute atomic E-state index is 0.0781. The Bertz CT molecular complexity index is 1140. The minimum Gasteiger partial charge on any atom is -0.448 e. The van der Waals surface area contributed by atoms with Crippen LogP contribution in [-0.4, -0.2) is 5.97 Å². The number of alkyl halides is 3. The maximum Gasteiger partial charge on any atom is 0.453 e. The normalized spacial score (nSPS) is 11.5. The van der Waals surface area contributed by atoms with E-state index < -0.39 is 34.7 Å². The molecule has 0 saturated carbocycles. The number of ether oxygens (including phenoxy) is 2. The van der Waals surface area contributed by atoms with Gasteiger partial charge in [0.1, 0.15) is 17.1 Å². The second-order valence-corrected chi connectivity index (χ2v) is 6.36. The third kappa shape index (κ3) is 4.07. The monoisotopic (exact) mass is 432 g/mol. The molecule has 3 aromatic rings. The molecule has 0 N–H and O–H groups in total. The maximum absolute atomic E-state index is 13.5. The zero-order chi connectivity index (χ0) is 20.6. The molecule has 3 rings (SSSR count). The zero-order valence-corrected chi connectivity index (χ0v) is 15.4. The number of hydrogen-bond donors (Lipinski definition) is 0. The van der Waals surface area contributed by atoms with Crippen LogP contribution in [0, 0.1) is 0 Å². The first-order valence-corrected chi connectivity index (χ1v) is 8.31. The molecule has 0 bridgehead atoms. The predicted octanol–water partition coefficient (Wildman–Crippen LogP) is 5.84. The smallest absolute Gasteiger partial charge is 0.448 e. The van der Waals surface area contributed by atoms with Crippen LogP contribution in [0.25, 0.3) is 11.0 Å². The fraction of sp³-hybridized carbons (Fsp3) is 0.111. The third-order valence-corrected chi connectivity index (χ3v) is 3.98. The Labute approximate surface area is 165 Å². The average molecular weight is 433 g/mol. The van der Waals surface area contributed by atoms with Crippen LogP contribution < -0.4 is 14.9 Å². The Balaban J connectivity index is 2.21. The van der Waals surface area contributed by atoms with E-state index in [1.54, 1.807) is 0 Å². The summed E-state index contributed by atoms with van der Waals surface area (Å²) in [7, 11) is 0. The molecule has 0 atom stereocenters. The molecule has 0 aliphatic heterocycles. The molecule has 28 heavy (non-hydrogen) atoms. The number of esters is 1. The highest BCUT2D eigenvalue weighted by Gasteiger charge is 2.40. The summed E-state index contributed by atoms with van der Waals surface area (Å²) in [6.45, 7) is 1.12. The van der Waals surface area contributed by atoms with Crippen LogP contribution >= 0.6 is 23.2 Å². The van der Waals surface area contributed by atoms with Gasteiger partial charge in [-0.25, -0.2) is 0 Å². The Morgan fingerprint density at radius 1 is 1.11 bits per heavy atom. The lowest BCUT2D eigenvalue weighted by molar-refractivity contribution is -0.154. The lowest BCUT2D eigenvalue weighted by Crippen LogP contribution is -2.15. The zero-order valence-electron chi connectivity index (χ0n) is 13.9. The summed E-state index contributed by atoms with van der Waals surface area (Å²) in [6.07, 6.45) is -5.04. The van der Waals surface area contributed by atoms with E-state index >= 15 is 0 Å². The van der Waals surface area contributed by atoms with Crippen molar-refractivity contribution in [1.29, 1.82) is 0 Å². The molecule has 0 unspecified atom stereocenters. The van der Waals surface area contributed by atoms with E-state index in [-0.39, 0.29) is 26.9 Å². The van der Waals surface area contributed by atoms with Gasteiger partial charge in [-0.1, -0.05) is 23.2 Å². The van der Waals surface area contributed by atoms with Gasteiger partial charge in [0.05, 0.1) is 10.4 Å². The van der Waals surface area contributed by atoms with Crippen LogP contribution in [-0.2, 0) is 11.0 Å².